The first-order chi connectivity index (χ1) is 14.4. The Morgan fingerprint density at radius 1 is 1.27 bits per heavy atom. The van der Waals surface area contributed by atoms with E-state index >= 15 is 0 Å². The summed E-state index contributed by atoms with van der Waals surface area (Å²) in [5.41, 5.74) is 1.53. The smallest absolute Gasteiger partial charge is 0.341 e. The molecule has 0 atom stereocenters. The number of nitrogens with one attached hydrogen (secondary N) is 1. The number of halogens is 1. The van der Waals surface area contributed by atoms with Crippen molar-refractivity contribution in [1.29, 1.82) is 5.26 Å². The molecule has 0 aliphatic heterocycles. The van der Waals surface area contributed by atoms with E-state index in [0.717, 1.165) is 12.8 Å². The van der Waals surface area contributed by atoms with Gasteiger partial charge in [-0.25, -0.2) is 4.79 Å². The number of ether oxygens (including phenoxy) is 2. The number of carbonyl (C=O) groups is 2. The highest BCUT2D eigenvalue weighted by Gasteiger charge is 2.15. The average molecular weight is 429 g/mol. The van der Waals surface area contributed by atoms with Gasteiger partial charge in [0.2, 0.25) is 0 Å². The third-order valence-electron chi connectivity index (χ3n) is 4.04. The van der Waals surface area contributed by atoms with Gasteiger partial charge >= 0.3 is 5.97 Å². The molecule has 0 saturated carbocycles. The fourth-order valence-corrected chi connectivity index (χ4v) is 2.92. The van der Waals surface area contributed by atoms with Gasteiger partial charge in [-0.05, 0) is 42.2 Å². The molecule has 0 radical (unpaired) electrons. The van der Waals surface area contributed by atoms with Crippen molar-refractivity contribution in [3.8, 4) is 17.6 Å². The Bertz CT molecular complexity index is 967. The number of amides is 1. The van der Waals surface area contributed by atoms with Gasteiger partial charge in [-0.3, -0.25) is 4.79 Å². The Kier molecular flexibility index (Phi) is 8.73. The van der Waals surface area contributed by atoms with Crippen molar-refractivity contribution >= 4 is 29.6 Å². The van der Waals surface area contributed by atoms with Crippen LogP contribution in [0.4, 0.5) is 0 Å². The SMILES string of the molecule is COc1cc(/C=C(/C#N)C(=O)NCCCc2ccccc2)cc(Cl)c1OCC(=O)O. The molecular formula is C22H21ClN2O5. The fraction of sp³-hybridized carbons (Fsp3) is 0.227. The van der Waals surface area contributed by atoms with E-state index in [1.165, 1.54) is 30.9 Å². The number of rotatable bonds is 10. The number of methoxy groups -OCH3 is 1. The van der Waals surface area contributed by atoms with Crippen molar-refractivity contribution in [2.45, 2.75) is 12.8 Å². The van der Waals surface area contributed by atoms with E-state index in [-0.39, 0.29) is 22.1 Å². The van der Waals surface area contributed by atoms with Crippen LogP contribution in [-0.4, -0.2) is 37.2 Å². The van der Waals surface area contributed by atoms with Crippen LogP contribution in [0.2, 0.25) is 5.02 Å². The Morgan fingerprint density at radius 2 is 2.00 bits per heavy atom. The van der Waals surface area contributed by atoms with Crippen LogP contribution >= 0.6 is 11.6 Å². The first-order valence-electron chi connectivity index (χ1n) is 9.10. The van der Waals surface area contributed by atoms with E-state index in [9.17, 15) is 14.9 Å². The number of hydrogen-bond donors (Lipinski definition) is 2. The largest absolute Gasteiger partial charge is 0.493 e. The summed E-state index contributed by atoms with van der Waals surface area (Å²) in [4.78, 5) is 23.0. The van der Waals surface area contributed by atoms with Gasteiger partial charge in [-0.2, -0.15) is 5.26 Å². The first kappa shape index (κ1) is 22.8. The van der Waals surface area contributed by atoms with Crippen LogP contribution in [0.25, 0.3) is 6.08 Å². The Labute approximate surface area is 179 Å². The number of aryl methyl sites for hydroxylation is 1. The number of nitriles is 1. The van der Waals surface area contributed by atoms with E-state index in [1.807, 2.05) is 36.4 Å². The number of hydrogen-bond acceptors (Lipinski definition) is 5. The molecule has 0 spiro atoms. The minimum atomic E-state index is -1.16. The van der Waals surface area contributed by atoms with Crippen molar-refractivity contribution in [3.63, 3.8) is 0 Å². The molecule has 0 fully saturated rings. The molecule has 1 amide bonds. The van der Waals surface area contributed by atoms with Crippen LogP contribution in [0.3, 0.4) is 0 Å². The average Bonchev–Trinajstić information content (AvgIpc) is 2.74. The highest BCUT2D eigenvalue weighted by molar-refractivity contribution is 6.32. The second-order valence-corrected chi connectivity index (χ2v) is 6.64. The van der Waals surface area contributed by atoms with E-state index in [0.29, 0.717) is 12.1 Å². The minimum absolute atomic E-state index is 0.0718. The summed E-state index contributed by atoms with van der Waals surface area (Å²) in [5.74, 6) is -1.39. The molecule has 0 bridgehead atoms. The molecule has 2 rings (SSSR count). The van der Waals surface area contributed by atoms with Gasteiger partial charge in [0.1, 0.15) is 11.6 Å². The summed E-state index contributed by atoms with van der Waals surface area (Å²) in [5, 5.41) is 20.9. The van der Waals surface area contributed by atoms with Crippen LogP contribution in [0.5, 0.6) is 11.5 Å². The monoisotopic (exact) mass is 428 g/mol. The molecule has 0 saturated heterocycles. The summed E-state index contributed by atoms with van der Waals surface area (Å²) in [6.45, 7) is -0.154. The van der Waals surface area contributed by atoms with Crippen LogP contribution in [-0.2, 0) is 16.0 Å². The van der Waals surface area contributed by atoms with Crippen molar-refractivity contribution < 1.29 is 24.2 Å². The molecule has 0 aromatic heterocycles. The maximum absolute atomic E-state index is 12.3. The molecule has 0 aliphatic rings. The molecule has 2 aromatic rings. The zero-order chi connectivity index (χ0) is 21.9. The second kappa shape index (κ2) is 11.5. The Hall–Kier alpha value is -3.50. The molecule has 0 heterocycles. The van der Waals surface area contributed by atoms with Gasteiger partial charge in [0, 0.05) is 6.54 Å². The van der Waals surface area contributed by atoms with Crippen molar-refractivity contribution in [3.05, 3.63) is 64.2 Å². The number of nitrogens with zero attached hydrogens (tertiary/aromatic N) is 1. The van der Waals surface area contributed by atoms with Crippen LogP contribution < -0.4 is 14.8 Å². The molecule has 2 aromatic carbocycles. The summed E-state index contributed by atoms with van der Waals surface area (Å²) in [6.07, 6.45) is 2.93. The lowest BCUT2D eigenvalue weighted by Gasteiger charge is -2.12. The van der Waals surface area contributed by atoms with Gasteiger partial charge < -0.3 is 19.9 Å². The van der Waals surface area contributed by atoms with Crippen LogP contribution in [0, 0.1) is 11.3 Å². The summed E-state index contributed by atoms with van der Waals surface area (Å²) >= 11 is 6.15. The lowest BCUT2D eigenvalue weighted by molar-refractivity contribution is -0.139. The lowest BCUT2D eigenvalue weighted by Crippen LogP contribution is -2.25. The zero-order valence-electron chi connectivity index (χ0n) is 16.4. The molecule has 0 aliphatic carbocycles. The normalized spacial score (nSPS) is 10.8. The summed E-state index contributed by atoms with van der Waals surface area (Å²) in [6, 6.07) is 14.7. The Balaban J connectivity index is 2.05. The van der Waals surface area contributed by atoms with E-state index in [4.69, 9.17) is 26.2 Å². The molecule has 30 heavy (non-hydrogen) atoms. The summed E-state index contributed by atoms with van der Waals surface area (Å²) in [7, 11) is 1.37. The third kappa shape index (κ3) is 6.83. The Morgan fingerprint density at radius 3 is 2.63 bits per heavy atom. The van der Waals surface area contributed by atoms with Gasteiger partial charge in [-0.1, -0.05) is 41.9 Å². The summed E-state index contributed by atoms with van der Waals surface area (Å²) < 4.78 is 10.3. The molecule has 156 valence electrons. The highest BCUT2D eigenvalue weighted by atomic mass is 35.5. The fourth-order valence-electron chi connectivity index (χ4n) is 2.65. The van der Waals surface area contributed by atoms with E-state index < -0.39 is 18.5 Å². The molecular weight excluding hydrogens is 408 g/mol. The maximum atomic E-state index is 12.3. The number of carboxylic acid groups (broad SMARTS) is 1. The number of aliphatic carboxylic acids is 1. The molecule has 2 N–H and O–H groups in total. The predicted octanol–water partition coefficient (Wildman–Crippen LogP) is 3.47. The standard InChI is InChI=1S/C22H21ClN2O5/c1-29-19-12-16(11-18(23)21(19)30-14-20(26)27)10-17(13-24)22(28)25-9-5-8-15-6-3-2-4-7-15/h2-4,6-7,10-12H,5,8-9,14H2,1H3,(H,25,28)(H,26,27)/b17-10-. The molecule has 0 unspecified atom stereocenters. The van der Waals surface area contributed by atoms with Crippen LogP contribution in [0.15, 0.2) is 48.0 Å². The lowest BCUT2D eigenvalue weighted by atomic mass is 10.1. The van der Waals surface area contributed by atoms with Gasteiger partial charge in [-0.15, -0.1) is 0 Å². The number of carboxylic acids is 1. The molecule has 7 nitrogen and oxygen atoms in total. The first-order valence-corrected chi connectivity index (χ1v) is 9.48. The van der Waals surface area contributed by atoms with Gasteiger partial charge in [0.05, 0.1) is 12.1 Å². The number of benzene rings is 2. The maximum Gasteiger partial charge on any atom is 0.341 e. The third-order valence-corrected chi connectivity index (χ3v) is 4.32. The van der Waals surface area contributed by atoms with Gasteiger partial charge in [0.15, 0.2) is 18.1 Å². The quantitative estimate of drug-likeness (QED) is 0.341. The van der Waals surface area contributed by atoms with Crippen molar-refractivity contribution in [2.75, 3.05) is 20.3 Å². The number of carbonyl (C=O) groups excluding carboxylic acids is 1. The van der Waals surface area contributed by atoms with E-state index in [2.05, 4.69) is 5.32 Å². The van der Waals surface area contributed by atoms with Crippen molar-refractivity contribution in [2.24, 2.45) is 0 Å². The predicted molar refractivity (Wildman–Crippen MR) is 112 cm³/mol. The van der Waals surface area contributed by atoms with Crippen molar-refractivity contribution in [1.82, 2.24) is 5.32 Å². The zero-order valence-corrected chi connectivity index (χ0v) is 17.1. The minimum Gasteiger partial charge on any atom is -0.493 e. The molecule has 8 heteroatoms. The van der Waals surface area contributed by atoms with Crippen LogP contribution in [0.1, 0.15) is 17.5 Å². The highest BCUT2D eigenvalue weighted by Crippen LogP contribution is 2.37. The second-order valence-electron chi connectivity index (χ2n) is 6.23. The topological polar surface area (TPSA) is 109 Å². The van der Waals surface area contributed by atoms with Gasteiger partial charge in [0.25, 0.3) is 5.91 Å². The van der Waals surface area contributed by atoms with E-state index in [1.54, 1.807) is 0 Å².